The van der Waals surface area contributed by atoms with Gasteiger partial charge < -0.3 is 5.73 Å². The molecule has 0 aromatic rings. The fraction of sp³-hybridized carbons (Fsp3) is 1.00. The van der Waals surface area contributed by atoms with Gasteiger partial charge in [0.15, 0.2) is 0 Å². The molecular weight excluding hydrogens is 204 g/mol. The highest BCUT2D eigenvalue weighted by Crippen LogP contribution is 2.67. The van der Waals surface area contributed by atoms with E-state index in [1.54, 1.807) is 0 Å². The zero-order valence-corrected chi connectivity index (χ0v) is 10.1. The van der Waals surface area contributed by atoms with Gasteiger partial charge in [-0.25, -0.2) is 0 Å². The van der Waals surface area contributed by atoms with E-state index in [1.165, 1.54) is 0 Å². The van der Waals surface area contributed by atoms with Crippen molar-refractivity contribution in [1.29, 1.82) is 0 Å². The Bertz CT molecular complexity index is 326. The number of nitrogens with two attached hydrogens (primary N) is 1. The lowest BCUT2D eigenvalue weighted by molar-refractivity contribution is -0.595. The van der Waals surface area contributed by atoms with Gasteiger partial charge in [-0.1, -0.05) is 13.8 Å². The van der Waals surface area contributed by atoms with Crippen LogP contribution in [-0.4, -0.2) is 16.0 Å². The van der Waals surface area contributed by atoms with E-state index in [4.69, 9.17) is 5.73 Å². The highest BCUT2D eigenvalue weighted by atomic mass is 16.6. The molecule has 4 heteroatoms. The van der Waals surface area contributed by atoms with Gasteiger partial charge in [0.25, 0.3) is 0 Å². The molecule has 0 saturated heterocycles. The average molecular weight is 224 g/mol. The monoisotopic (exact) mass is 224 g/mol. The third-order valence-corrected chi connectivity index (χ3v) is 4.99. The molecule has 2 unspecified atom stereocenters. The first kappa shape index (κ1) is 10.5. The fourth-order valence-corrected chi connectivity index (χ4v) is 5.92. The molecule has 4 fully saturated rings. The molecule has 4 nitrogen and oxygen atoms in total. The highest BCUT2D eigenvalue weighted by Gasteiger charge is 2.69. The van der Waals surface area contributed by atoms with Crippen LogP contribution < -0.4 is 5.73 Å². The van der Waals surface area contributed by atoms with Gasteiger partial charge in [0.2, 0.25) is 5.54 Å². The van der Waals surface area contributed by atoms with Crippen LogP contribution in [0.2, 0.25) is 0 Å². The van der Waals surface area contributed by atoms with E-state index in [0.717, 1.165) is 32.1 Å². The van der Waals surface area contributed by atoms with Gasteiger partial charge in [-0.15, -0.1) is 0 Å². The largest absolute Gasteiger partial charge is 0.325 e. The van der Waals surface area contributed by atoms with Crippen molar-refractivity contribution in [2.75, 3.05) is 0 Å². The topological polar surface area (TPSA) is 69.2 Å². The summed E-state index contributed by atoms with van der Waals surface area (Å²) in [6, 6.07) is 0. The molecule has 2 atom stereocenters. The van der Waals surface area contributed by atoms with Gasteiger partial charge >= 0.3 is 0 Å². The summed E-state index contributed by atoms with van der Waals surface area (Å²) >= 11 is 0. The van der Waals surface area contributed by atoms with Crippen molar-refractivity contribution in [3.05, 3.63) is 10.1 Å². The summed E-state index contributed by atoms with van der Waals surface area (Å²) < 4.78 is 0. The van der Waals surface area contributed by atoms with E-state index in [0.29, 0.717) is 6.42 Å². The SMILES string of the molecule is CC12CC3(C)CC(N)(C1)CC([N+](=O)[O-])(C2)C3. The van der Waals surface area contributed by atoms with Crippen molar-refractivity contribution in [2.24, 2.45) is 16.6 Å². The summed E-state index contributed by atoms with van der Waals surface area (Å²) in [5.74, 6) is 0. The summed E-state index contributed by atoms with van der Waals surface area (Å²) in [6.45, 7) is 4.39. The quantitative estimate of drug-likeness (QED) is 0.547. The van der Waals surface area contributed by atoms with Crippen LogP contribution in [0.5, 0.6) is 0 Å². The zero-order chi connectivity index (χ0) is 11.8. The van der Waals surface area contributed by atoms with E-state index < -0.39 is 5.54 Å². The molecule has 0 amide bonds. The predicted molar refractivity (Wildman–Crippen MR) is 60.6 cm³/mol. The molecule has 0 heterocycles. The molecule has 90 valence electrons. The van der Waals surface area contributed by atoms with Crippen LogP contribution in [0.4, 0.5) is 0 Å². The van der Waals surface area contributed by atoms with E-state index in [9.17, 15) is 10.1 Å². The molecule has 0 radical (unpaired) electrons. The molecule has 4 aliphatic carbocycles. The molecule has 16 heavy (non-hydrogen) atoms. The van der Waals surface area contributed by atoms with Gasteiger partial charge in [0.05, 0.1) is 0 Å². The minimum Gasteiger partial charge on any atom is -0.325 e. The number of hydrogen-bond donors (Lipinski definition) is 1. The van der Waals surface area contributed by atoms with Crippen LogP contribution >= 0.6 is 0 Å². The number of nitrogens with zero attached hydrogens (tertiary/aromatic N) is 1. The van der Waals surface area contributed by atoms with Crippen LogP contribution in [0, 0.1) is 20.9 Å². The number of nitro groups is 1. The summed E-state index contributed by atoms with van der Waals surface area (Å²) in [5, 5.41) is 11.4. The lowest BCUT2D eigenvalue weighted by Crippen LogP contribution is -2.70. The Balaban J connectivity index is 2.11. The smallest absolute Gasteiger partial charge is 0.225 e. The van der Waals surface area contributed by atoms with Crippen molar-refractivity contribution in [2.45, 2.75) is 63.5 Å². The van der Waals surface area contributed by atoms with Crippen molar-refractivity contribution >= 4 is 0 Å². The van der Waals surface area contributed by atoms with E-state index in [2.05, 4.69) is 13.8 Å². The zero-order valence-electron chi connectivity index (χ0n) is 10.1. The Morgan fingerprint density at radius 3 is 1.88 bits per heavy atom. The van der Waals surface area contributed by atoms with Crippen LogP contribution in [0.15, 0.2) is 0 Å². The molecule has 4 saturated carbocycles. The molecule has 4 rings (SSSR count). The molecular formula is C12H20N2O2. The Kier molecular flexibility index (Phi) is 1.61. The van der Waals surface area contributed by atoms with Crippen molar-refractivity contribution in [1.82, 2.24) is 0 Å². The van der Waals surface area contributed by atoms with Gasteiger partial charge in [-0.3, -0.25) is 10.1 Å². The molecule has 0 aromatic heterocycles. The molecule has 2 N–H and O–H groups in total. The maximum absolute atomic E-state index is 11.4. The molecule has 0 spiro atoms. The van der Waals surface area contributed by atoms with Crippen LogP contribution in [-0.2, 0) is 0 Å². The minimum absolute atomic E-state index is 0.0252. The first-order chi connectivity index (χ1) is 7.19. The Labute approximate surface area is 95.7 Å². The highest BCUT2D eigenvalue weighted by molar-refractivity contribution is 5.18. The average Bonchev–Trinajstić information content (AvgIpc) is 1.92. The Hall–Kier alpha value is -0.640. The van der Waals surface area contributed by atoms with Crippen molar-refractivity contribution in [3.63, 3.8) is 0 Å². The first-order valence-electron chi connectivity index (χ1n) is 6.12. The third-order valence-electron chi connectivity index (χ3n) is 4.99. The van der Waals surface area contributed by atoms with Crippen LogP contribution in [0.1, 0.15) is 52.4 Å². The predicted octanol–water partition coefficient (Wildman–Crippen LogP) is 2.09. The maximum atomic E-state index is 11.4. The lowest BCUT2D eigenvalue weighted by Gasteiger charge is -2.64. The summed E-state index contributed by atoms with van der Waals surface area (Å²) in [7, 11) is 0. The minimum atomic E-state index is -0.715. The van der Waals surface area contributed by atoms with Gasteiger partial charge in [0.1, 0.15) is 0 Å². The van der Waals surface area contributed by atoms with E-state index >= 15 is 0 Å². The standard InChI is InChI=1S/C12H20N2O2/c1-9-3-10(2)5-11(13,4-9)8-12(6-9,7-10)14(15)16/h3-8,13H2,1-2H3. The first-order valence-corrected chi connectivity index (χ1v) is 6.12. The van der Waals surface area contributed by atoms with Crippen LogP contribution in [0.25, 0.3) is 0 Å². The Morgan fingerprint density at radius 2 is 1.50 bits per heavy atom. The third kappa shape index (κ3) is 1.19. The van der Waals surface area contributed by atoms with Gasteiger partial charge in [0, 0.05) is 29.7 Å². The normalized spacial score (nSPS) is 58.9. The van der Waals surface area contributed by atoms with Gasteiger partial charge in [-0.05, 0) is 30.1 Å². The van der Waals surface area contributed by atoms with Crippen molar-refractivity contribution < 1.29 is 4.92 Å². The summed E-state index contributed by atoms with van der Waals surface area (Å²) in [4.78, 5) is 11.4. The van der Waals surface area contributed by atoms with E-state index in [1.807, 2.05) is 0 Å². The summed E-state index contributed by atoms with van der Waals surface area (Å²) in [6.07, 6.45) is 5.14. The number of rotatable bonds is 1. The van der Waals surface area contributed by atoms with E-state index in [-0.39, 0.29) is 21.3 Å². The van der Waals surface area contributed by atoms with Crippen LogP contribution in [0.3, 0.4) is 0 Å². The molecule has 0 aliphatic heterocycles. The lowest BCUT2D eigenvalue weighted by atomic mass is 9.41. The van der Waals surface area contributed by atoms with Gasteiger partial charge in [-0.2, -0.15) is 0 Å². The second-order valence-corrected chi connectivity index (χ2v) is 7.53. The number of hydrogen-bond acceptors (Lipinski definition) is 3. The summed E-state index contributed by atoms with van der Waals surface area (Å²) in [5.41, 5.74) is 5.63. The molecule has 4 bridgehead atoms. The van der Waals surface area contributed by atoms with Crippen molar-refractivity contribution in [3.8, 4) is 0 Å². The Morgan fingerprint density at radius 1 is 1.00 bits per heavy atom. The second kappa shape index (κ2) is 2.45. The fourth-order valence-electron chi connectivity index (χ4n) is 5.92. The molecule has 4 aliphatic rings. The molecule has 0 aromatic carbocycles. The maximum Gasteiger partial charge on any atom is 0.225 e. The second-order valence-electron chi connectivity index (χ2n) is 7.53.